The van der Waals surface area contributed by atoms with Gasteiger partial charge in [0.05, 0.1) is 5.56 Å². The van der Waals surface area contributed by atoms with Gasteiger partial charge in [-0.3, -0.25) is 4.79 Å². The number of nitrogens with zero attached hydrogens (tertiary/aromatic N) is 1. The van der Waals surface area contributed by atoms with Gasteiger partial charge >= 0.3 is 5.97 Å². The van der Waals surface area contributed by atoms with Gasteiger partial charge in [0.1, 0.15) is 0 Å². The topological polar surface area (TPSA) is 88.8 Å². The summed E-state index contributed by atoms with van der Waals surface area (Å²) in [6.45, 7) is 1.38. The summed E-state index contributed by atoms with van der Waals surface area (Å²) in [5, 5.41) is 18.7. The summed E-state index contributed by atoms with van der Waals surface area (Å²) in [6, 6.07) is 8.31. The number of rotatable bonds is 3. The van der Waals surface area contributed by atoms with Gasteiger partial charge in [-0.1, -0.05) is 12.1 Å². The molecule has 2 aromatic rings. The zero-order chi connectivity index (χ0) is 14.0. The lowest BCUT2D eigenvalue weighted by Crippen LogP contribution is -2.19. The molecule has 0 atom stereocenters. The van der Waals surface area contributed by atoms with Crippen LogP contribution in [0.3, 0.4) is 0 Å². The average molecular weight is 261 g/mol. The zero-order valence-corrected chi connectivity index (χ0v) is 10.0. The number of carbonyl (C=O) groups excluding carboxylic acids is 2. The van der Waals surface area contributed by atoms with Crippen molar-refractivity contribution in [1.29, 1.82) is 0 Å². The van der Waals surface area contributed by atoms with Crippen molar-refractivity contribution in [1.82, 2.24) is 4.73 Å². The second-order valence-corrected chi connectivity index (χ2v) is 3.86. The van der Waals surface area contributed by atoms with E-state index in [4.69, 9.17) is 4.84 Å². The number of aromatic nitrogens is 1. The minimum absolute atomic E-state index is 0.139. The Bertz CT molecular complexity index is 625. The van der Waals surface area contributed by atoms with Crippen LogP contribution in [0.4, 0.5) is 0 Å². The minimum Gasteiger partial charge on any atom is -0.492 e. The molecule has 0 bridgehead atoms. The molecule has 0 unspecified atom stereocenters. The number of Topliss-reactive ketones (excluding diaryl/α,β-unsaturated/α-hetero) is 1. The highest BCUT2D eigenvalue weighted by molar-refractivity contribution is 5.97. The van der Waals surface area contributed by atoms with Crippen LogP contribution in [-0.4, -0.2) is 26.7 Å². The Morgan fingerprint density at radius 1 is 1.05 bits per heavy atom. The van der Waals surface area contributed by atoms with Crippen LogP contribution in [-0.2, 0) is 0 Å². The molecule has 2 N–H and O–H groups in total. The molecule has 0 aliphatic rings. The number of hydrogen-bond donors (Lipinski definition) is 2. The van der Waals surface area contributed by atoms with Crippen LogP contribution >= 0.6 is 0 Å². The van der Waals surface area contributed by atoms with Gasteiger partial charge in [0.15, 0.2) is 5.78 Å². The molecule has 98 valence electrons. The van der Waals surface area contributed by atoms with Gasteiger partial charge < -0.3 is 15.1 Å². The Balaban J connectivity index is 2.25. The van der Waals surface area contributed by atoms with Gasteiger partial charge in [-0.25, -0.2) is 4.79 Å². The van der Waals surface area contributed by atoms with Gasteiger partial charge in [0.2, 0.25) is 11.8 Å². The second-order valence-electron chi connectivity index (χ2n) is 3.86. The highest BCUT2D eigenvalue weighted by Gasteiger charge is 2.15. The number of hydrogen-bond acceptors (Lipinski definition) is 5. The Morgan fingerprint density at radius 2 is 1.63 bits per heavy atom. The van der Waals surface area contributed by atoms with Crippen molar-refractivity contribution < 1.29 is 24.6 Å². The SMILES string of the molecule is CC(=O)c1cccc(C(=O)On2c(O)ccc2O)c1. The molecule has 0 saturated heterocycles. The molecule has 0 saturated carbocycles. The molecule has 19 heavy (non-hydrogen) atoms. The van der Waals surface area contributed by atoms with Crippen LogP contribution in [0, 0.1) is 0 Å². The highest BCUT2D eigenvalue weighted by atomic mass is 16.7. The van der Waals surface area contributed by atoms with Crippen LogP contribution in [0.25, 0.3) is 0 Å². The maximum atomic E-state index is 11.8. The standard InChI is InChI=1S/C13H11NO5/c1-8(15)9-3-2-4-10(7-9)13(18)19-14-11(16)5-6-12(14)17/h2-7,16-17H,1H3. The van der Waals surface area contributed by atoms with Crippen LogP contribution in [0.15, 0.2) is 36.4 Å². The fourth-order valence-corrected chi connectivity index (χ4v) is 1.50. The molecule has 1 aromatic heterocycles. The largest absolute Gasteiger partial charge is 0.492 e. The lowest BCUT2D eigenvalue weighted by molar-refractivity contribution is 0.0381. The van der Waals surface area contributed by atoms with Crippen LogP contribution in [0.2, 0.25) is 0 Å². The molecule has 2 rings (SSSR count). The van der Waals surface area contributed by atoms with Crippen molar-refractivity contribution in [2.75, 3.05) is 0 Å². The molecule has 0 aliphatic heterocycles. The molecular formula is C13H11NO5. The number of aromatic hydroxyl groups is 2. The van der Waals surface area contributed by atoms with Crippen molar-refractivity contribution in [3.05, 3.63) is 47.5 Å². The van der Waals surface area contributed by atoms with E-state index in [9.17, 15) is 19.8 Å². The summed E-state index contributed by atoms with van der Waals surface area (Å²) in [4.78, 5) is 27.8. The van der Waals surface area contributed by atoms with E-state index >= 15 is 0 Å². The summed E-state index contributed by atoms with van der Waals surface area (Å²) in [5.41, 5.74) is 0.510. The van der Waals surface area contributed by atoms with Crippen molar-refractivity contribution in [2.45, 2.75) is 6.92 Å². The van der Waals surface area contributed by atoms with Crippen LogP contribution in [0.5, 0.6) is 11.8 Å². The first-order valence-electron chi connectivity index (χ1n) is 5.42. The van der Waals surface area contributed by atoms with Crippen LogP contribution < -0.4 is 4.84 Å². The first-order valence-corrected chi connectivity index (χ1v) is 5.42. The molecule has 6 heteroatoms. The third kappa shape index (κ3) is 2.57. The average Bonchev–Trinajstić information content (AvgIpc) is 2.70. The van der Waals surface area contributed by atoms with E-state index in [1.54, 1.807) is 12.1 Å². The molecule has 0 aliphatic carbocycles. The highest BCUT2D eigenvalue weighted by Crippen LogP contribution is 2.19. The molecule has 0 spiro atoms. The third-order valence-electron chi connectivity index (χ3n) is 2.48. The van der Waals surface area contributed by atoms with E-state index in [1.807, 2.05) is 0 Å². The molecule has 0 radical (unpaired) electrons. The van der Waals surface area contributed by atoms with Gasteiger partial charge in [-0.15, -0.1) is 4.73 Å². The number of ketones is 1. The first kappa shape index (κ1) is 12.7. The molecule has 1 heterocycles. The zero-order valence-electron chi connectivity index (χ0n) is 10.0. The molecular weight excluding hydrogens is 250 g/mol. The predicted molar refractivity (Wildman–Crippen MR) is 65.1 cm³/mol. The van der Waals surface area contributed by atoms with E-state index in [1.165, 1.54) is 31.2 Å². The Kier molecular flexibility index (Phi) is 3.24. The Labute approximate surface area is 108 Å². The van der Waals surface area contributed by atoms with Gasteiger partial charge in [0, 0.05) is 17.7 Å². The van der Waals surface area contributed by atoms with E-state index in [-0.39, 0.29) is 11.3 Å². The van der Waals surface area contributed by atoms with E-state index < -0.39 is 17.7 Å². The van der Waals surface area contributed by atoms with Gasteiger partial charge in [-0.05, 0) is 19.1 Å². The number of benzene rings is 1. The third-order valence-corrected chi connectivity index (χ3v) is 2.48. The summed E-state index contributed by atoms with van der Waals surface area (Å²) < 4.78 is 0.586. The lowest BCUT2D eigenvalue weighted by Gasteiger charge is -2.07. The van der Waals surface area contributed by atoms with Gasteiger partial charge in [-0.2, -0.15) is 0 Å². The Hall–Kier alpha value is -2.76. The van der Waals surface area contributed by atoms with Crippen molar-refractivity contribution in [2.24, 2.45) is 0 Å². The summed E-state index contributed by atoms with van der Waals surface area (Å²) >= 11 is 0. The minimum atomic E-state index is -0.801. The molecule has 1 aromatic carbocycles. The summed E-state index contributed by atoms with van der Waals surface area (Å²) in [7, 11) is 0. The molecule has 0 fully saturated rings. The summed E-state index contributed by atoms with van der Waals surface area (Å²) in [5.74, 6) is -1.80. The quantitative estimate of drug-likeness (QED) is 0.814. The predicted octanol–water partition coefficient (Wildman–Crippen LogP) is 1.37. The second kappa shape index (κ2) is 4.85. The van der Waals surface area contributed by atoms with E-state index in [2.05, 4.69) is 0 Å². The van der Waals surface area contributed by atoms with E-state index in [0.717, 1.165) is 0 Å². The maximum absolute atomic E-state index is 11.8. The Morgan fingerprint density at radius 3 is 2.21 bits per heavy atom. The maximum Gasteiger partial charge on any atom is 0.363 e. The molecule has 0 amide bonds. The fourth-order valence-electron chi connectivity index (χ4n) is 1.50. The van der Waals surface area contributed by atoms with Crippen molar-refractivity contribution in [3.8, 4) is 11.8 Å². The lowest BCUT2D eigenvalue weighted by atomic mass is 10.1. The van der Waals surface area contributed by atoms with Crippen molar-refractivity contribution in [3.63, 3.8) is 0 Å². The first-order chi connectivity index (χ1) is 8.99. The molecule has 6 nitrogen and oxygen atoms in total. The summed E-state index contributed by atoms with van der Waals surface area (Å²) in [6.07, 6.45) is 0. The number of carbonyl (C=O) groups is 2. The normalized spacial score (nSPS) is 10.2. The fraction of sp³-hybridized carbons (Fsp3) is 0.0769. The smallest absolute Gasteiger partial charge is 0.363 e. The monoisotopic (exact) mass is 261 g/mol. The van der Waals surface area contributed by atoms with Crippen LogP contribution in [0.1, 0.15) is 27.6 Å². The van der Waals surface area contributed by atoms with Gasteiger partial charge in [0.25, 0.3) is 0 Å². The van der Waals surface area contributed by atoms with E-state index in [0.29, 0.717) is 10.3 Å². The van der Waals surface area contributed by atoms with Crippen molar-refractivity contribution >= 4 is 11.8 Å².